The monoisotopic (exact) mass is 243 g/mol. The molecule has 0 spiro atoms. The summed E-state index contributed by atoms with van der Waals surface area (Å²) in [6, 6.07) is 13.6. The Balaban J connectivity index is 2.07. The number of rotatable bonds is 4. The second kappa shape index (κ2) is 5.45. The van der Waals surface area contributed by atoms with Crippen molar-refractivity contribution in [3.63, 3.8) is 0 Å². The molecule has 18 heavy (non-hydrogen) atoms. The molecule has 0 aliphatic rings. The molecule has 3 nitrogen and oxygen atoms in total. The van der Waals surface area contributed by atoms with Gasteiger partial charge in [-0.2, -0.15) is 0 Å². The summed E-state index contributed by atoms with van der Waals surface area (Å²) in [4.78, 5) is 0. The zero-order valence-electron chi connectivity index (χ0n) is 10.6. The van der Waals surface area contributed by atoms with Crippen LogP contribution in [0.15, 0.2) is 42.5 Å². The predicted molar refractivity (Wildman–Crippen MR) is 72.9 cm³/mol. The number of hydrogen-bond donors (Lipinski definition) is 1. The van der Waals surface area contributed by atoms with Crippen LogP contribution in [0.5, 0.6) is 11.5 Å². The molecule has 2 rings (SSSR count). The fourth-order valence-electron chi connectivity index (χ4n) is 1.61. The smallest absolute Gasteiger partial charge is 0.146 e. The van der Waals surface area contributed by atoms with E-state index in [1.165, 1.54) is 5.56 Å². The van der Waals surface area contributed by atoms with Gasteiger partial charge in [0.2, 0.25) is 0 Å². The summed E-state index contributed by atoms with van der Waals surface area (Å²) in [5, 5.41) is 0. The Kier molecular flexibility index (Phi) is 3.72. The molecule has 0 saturated heterocycles. The third-order valence-electron chi connectivity index (χ3n) is 2.74. The largest absolute Gasteiger partial charge is 0.497 e. The first-order valence-electron chi connectivity index (χ1n) is 5.81. The molecule has 0 aliphatic heterocycles. The van der Waals surface area contributed by atoms with Crippen LogP contribution < -0.4 is 15.2 Å². The van der Waals surface area contributed by atoms with E-state index in [-0.39, 0.29) is 0 Å². The van der Waals surface area contributed by atoms with Crippen molar-refractivity contribution in [3.8, 4) is 11.5 Å². The maximum absolute atomic E-state index is 5.85. The number of aryl methyl sites for hydroxylation is 1. The Bertz CT molecular complexity index is 521. The predicted octanol–water partition coefficient (Wildman–Crippen LogP) is 3.16. The summed E-state index contributed by atoms with van der Waals surface area (Å²) in [7, 11) is 1.62. The van der Waals surface area contributed by atoms with Crippen LogP contribution >= 0.6 is 0 Å². The fraction of sp³-hybridized carbons (Fsp3) is 0.200. The lowest BCUT2D eigenvalue weighted by atomic mass is 10.2. The highest BCUT2D eigenvalue weighted by Crippen LogP contribution is 2.27. The maximum Gasteiger partial charge on any atom is 0.146 e. The average molecular weight is 243 g/mol. The van der Waals surface area contributed by atoms with Gasteiger partial charge in [0, 0.05) is 6.07 Å². The Morgan fingerprint density at radius 1 is 1.06 bits per heavy atom. The second-order valence-electron chi connectivity index (χ2n) is 4.18. The van der Waals surface area contributed by atoms with Crippen molar-refractivity contribution >= 4 is 5.69 Å². The van der Waals surface area contributed by atoms with E-state index in [1.807, 2.05) is 18.2 Å². The van der Waals surface area contributed by atoms with Crippen LogP contribution in [0.25, 0.3) is 0 Å². The second-order valence-corrected chi connectivity index (χ2v) is 4.18. The lowest BCUT2D eigenvalue weighted by Crippen LogP contribution is -1.99. The third kappa shape index (κ3) is 2.94. The molecule has 0 saturated carbocycles. The van der Waals surface area contributed by atoms with Crippen LogP contribution in [-0.2, 0) is 6.61 Å². The first-order valence-corrected chi connectivity index (χ1v) is 5.81. The minimum Gasteiger partial charge on any atom is -0.497 e. The fourth-order valence-corrected chi connectivity index (χ4v) is 1.61. The topological polar surface area (TPSA) is 44.5 Å². The molecule has 2 aromatic rings. The van der Waals surface area contributed by atoms with Gasteiger partial charge in [-0.1, -0.05) is 29.8 Å². The van der Waals surface area contributed by atoms with Gasteiger partial charge in [0.15, 0.2) is 0 Å². The Labute approximate surface area is 107 Å². The highest BCUT2D eigenvalue weighted by atomic mass is 16.5. The standard InChI is InChI=1S/C15H17NO2/c1-11-3-5-12(6-4-11)10-18-15-9-13(17-2)7-8-14(15)16/h3-9H,10,16H2,1-2H3. The van der Waals surface area contributed by atoms with E-state index >= 15 is 0 Å². The van der Waals surface area contributed by atoms with Crippen molar-refractivity contribution in [3.05, 3.63) is 53.6 Å². The van der Waals surface area contributed by atoms with E-state index < -0.39 is 0 Å². The molecule has 94 valence electrons. The molecule has 3 heteroatoms. The molecule has 0 unspecified atom stereocenters. The zero-order chi connectivity index (χ0) is 13.0. The molecule has 2 aromatic carbocycles. The molecular weight excluding hydrogens is 226 g/mol. The molecular formula is C15H17NO2. The van der Waals surface area contributed by atoms with Gasteiger partial charge in [0.1, 0.15) is 18.1 Å². The number of ether oxygens (including phenoxy) is 2. The van der Waals surface area contributed by atoms with Crippen LogP contribution in [0, 0.1) is 6.92 Å². The van der Waals surface area contributed by atoms with Gasteiger partial charge >= 0.3 is 0 Å². The summed E-state index contributed by atoms with van der Waals surface area (Å²) in [5.41, 5.74) is 8.82. The summed E-state index contributed by atoms with van der Waals surface area (Å²) < 4.78 is 10.8. The van der Waals surface area contributed by atoms with Crippen LogP contribution in [0.2, 0.25) is 0 Å². The minimum atomic E-state index is 0.498. The Morgan fingerprint density at radius 2 is 1.78 bits per heavy atom. The quantitative estimate of drug-likeness (QED) is 0.839. The van der Waals surface area contributed by atoms with Crippen molar-refractivity contribution in [1.82, 2.24) is 0 Å². The highest BCUT2D eigenvalue weighted by molar-refractivity contribution is 5.55. The summed E-state index contributed by atoms with van der Waals surface area (Å²) in [5.74, 6) is 1.39. The van der Waals surface area contributed by atoms with E-state index in [0.29, 0.717) is 18.0 Å². The summed E-state index contributed by atoms with van der Waals surface area (Å²) in [6.07, 6.45) is 0. The normalized spacial score (nSPS) is 10.1. The lowest BCUT2D eigenvalue weighted by Gasteiger charge is -2.10. The van der Waals surface area contributed by atoms with Crippen molar-refractivity contribution in [2.75, 3.05) is 12.8 Å². The average Bonchev–Trinajstić information content (AvgIpc) is 2.40. The Morgan fingerprint density at radius 3 is 2.44 bits per heavy atom. The van der Waals surface area contributed by atoms with Gasteiger partial charge in [0.05, 0.1) is 12.8 Å². The van der Waals surface area contributed by atoms with Crippen molar-refractivity contribution in [2.24, 2.45) is 0 Å². The number of benzene rings is 2. The van der Waals surface area contributed by atoms with E-state index in [0.717, 1.165) is 11.3 Å². The van der Waals surface area contributed by atoms with Crippen molar-refractivity contribution in [1.29, 1.82) is 0 Å². The Hall–Kier alpha value is -2.16. The molecule has 0 radical (unpaired) electrons. The molecule has 0 aromatic heterocycles. The summed E-state index contributed by atoms with van der Waals surface area (Å²) >= 11 is 0. The van der Waals surface area contributed by atoms with E-state index in [2.05, 4.69) is 19.1 Å². The minimum absolute atomic E-state index is 0.498. The molecule has 0 atom stereocenters. The number of anilines is 1. The van der Waals surface area contributed by atoms with E-state index in [4.69, 9.17) is 15.2 Å². The third-order valence-corrected chi connectivity index (χ3v) is 2.74. The van der Waals surface area contributed by atoms with E-state index in [1.54, 1.807) is 19.2 Å². The van der Waals surface area contributed by atoms with Crippen LogP contribution in [0.3, 0.4) is 0 Å². The highest BCUT2D eigenvalue weighted by Gasteiger charge is 2.03. The van der Waals surface area contributed by atoms with Crippen molar-refractivity contribution < 1.29 is 9.47 Å². The lowest BCUT2D eigenvalue weighted by molar-refractivity contribution is 0.305. The first-order chi connectivity index (χ1) is 8.69. The number of nitrogens with two attached hydrogens (primary N) is 1. The maximum atomic E-state index is 5.85. The van der Waals surface area contributed by atoms with Gasteiger partial charge in [-0.3, -0.25) is 0 Å². The SMILES string of the molecule is COc1ccc(N)c(OCc2ccc(C)cc2)c1. The van der Waals surface area contributed by atoms with Gasteiger partial charge in [-0.15, -0.1) is 0 Å². The number of nitrogen functional groups attached to an aromatic ring is 1. The molecule has 0 fully saturated rings. The molecule has 0 bridgehead atoms. The number of methoxy groups -OCH3 is 1. The zero-order valence-corrected chi connectivity index (χ0v) is 10.6. The first kappa shape index (κ1) is 12.3. The van der Waals surface area contributed by atoms with Crippen LogP contribution in [-0.4, -0.2) is 7.11 Å². The molecule has 0 aliphatic carbocycles. The summed E-state index contributed by atoms with van der Waals surface area (Å²) in [6.45, 7) is 2.56. The van der Waals surface area contributed by atoms with E-state index in [9.17, 15) is 0 Å². The van der Waals surface area contributed by atoms with Gasteiger partial charge in [-0.25, -0.2) is 0 Å². The molecule has 2 N–H and O–H groups in total. The van der Waals surface area contributed by atoms with Crippen LogP contribution in [0.4, 0.5) is 5.69 Å². The number of hydrogen-bond acceptors (Lipinski definition) is 3. The van der Waals surface area contributed by atoms with Crippen LogP contribution in [0.1, 0.15) is 11.1 Å². The molecule has 0 amide bonds. The molecule has 0 heterocycles. The van der Waals surface area contributed by atoms with Gasteiger partial charge in [-0.05, 0) is 24.6 Å². The van der Waals surface area contributed by atoms with Gasteiger partial charge in [0.25, 0.3) is 0 Å². The van der Waals surface area contributed by atoms with Crippen molar-refractivity contribution in [2.45, 2.75) is 13.5 Å². The van der Waals surface area contributed by atoms with Gasteiger partial charge < -0.3 is 15.2 Å².